The van der Waals surface area contributed by atoms with Crippen LogP contribution in [0.5, 0.6) is 0 Å². The fraction of sp³-hybridized carbons (Fsp3) is 0.400. The maximum atomic E-state index is 10.9. The number of hydrogen-bond donors (Lipinski definition) is 2. The molecule has 1 rings (SSSR count). The van der Waals surface area contributed by atoms with Crippen LogP contribution in [0.4, 0.5) is 5.95 Å². The summed E-state index contributed by atoms with van der Waals surface area (Å²) >= 11 is 0. The summed E-state index contributed by atoms with van der Waals surface area (Å²) in [5.41, 5.74) is 1.83. The Hall–Kier alpha value is -1.43. The molecular formula is C5H9N5O. The van der Waals surface area contributed by atoms with Crippen molar-refractivity contribution in [2.24, 2.45) is 12.9 Å². The molecule has 1 aromatic heterocycles. The number of hydrazine groups is 1. The molecule has 0 atom stereocenters. The Morgan fingerprint density at radius 2 is 2.18 bits per heavy atom. The third-order valence-electron chi connectivity index (χ3n) is 1.37. The highest BCUT2D eigenvalue weighted by Crippen LogP contribution is 1.90. The lowest BCUT2D eigenvalue weighted by Crippen LogP contribution is -2.26. The van der Waals surface area contributed by atoms with Gasteiger partial charge in [-0.05, 0) is 6.92 Å². The maximum absolute atomic E-state index is 10.9. The summed E-state index contributed by atoms with van der Waals surface area (Å²) < 4.78 is 1.33. The van der Waals surface area contributed by atoms with E-state index >= 15 is 0 Å². The van der Waals surface area contributed by atoms with Crippen LogP contribution in [0.1, 0.15) is 5.82 Å². The van der Waals surface area contributed by atoms with Gasteiger partial charge in [0.25, 0.3) is 0 Å². The van der Waals surface area contributed by atoms with Crippen molar-refractivity contribution in [3.05, 3.63) is 16.3 Å². The molecule has 3 N–H and O–H groups in total. The van der Waals surface area contributed by atoms with Gasteiger partial charge in [-0.3, -0.25) is 9.99 Å². The molecular weight excluding hydrogens is 146 g/mol. The van der Waals surface area contributed by atoms with Gasteiger partial charge in [0, 0.05) is 7.05 Å². The smallest absolute Gasteiger partial charge is 0.292 e. The Morgan fingerprint density at radius 1 is 1.55 bits per heavy atom. The first-order chi connectivity index (χ1) is 5.15. The first-order valence-electron chi connectivity index (χ1n) is 3.03. The molecule has 6 nitrogen and oxygen atoms in total. The number of hydrogen-bond acceptors (Lipinski definition) is 5. The molecule has 0 unspecified atom stereocenters. The van der Waals surface area contributed by atoms with Gasteiger partial charge in [-0.25, -0.2) is 10.6 Å². The molecule has 0 fully saturated rings. The summed E-state index contributed by atoms with van der Waals surface area (Å²) in [7, 11) is 1.60. The van der Waals surface area contributed by atoms with Crippen molar-refractivity contribution in [3.8, 4) is 0 Å². The zero-order valence-corrected chi connectivity index (χ0v) is 6.33. The number of nitrogens with one attached hydrogen (secondary N) is 1. The van der Waals surface area contributed by atoms with Crippen LogP contribution >= 0.6 is 0 Å². The van der Waals surface area contributed by atoms with Gasteiger partial charge >= 0.3 is 5.69 Å². The van der Waals surface area contributed by atoms with Crippen LogP contribution in [-0.2, 0) is 7.05 Å². The minimum Gasteiger partial charge on any atom is -0.292 e. The summed E-state index contributed by atoms with van der Waals surface area (Å²) in [5, 5.41) is 0. The van der Waals surface area contributed by atoms with Gasteiger partial charge in [-0.2, -0.15) is 9.97 Å². The van der Waals surface area contributed by atoms with Crippen LogP contribution in [0.25, 0.3) is 0 Å². The maximum Gasteiger partial charge on any atom is 0.352 e. The van der Waals surface area contributed by atoms with Crippen molar-refractivity contribution >= 4 is 5.95 Å². The lowest BCUT2D eigenvalue weighted by Gasteiger charge is -2.02. The molecule has 0 aromatic carbocycles. The Balaban J connectivity index is 3.32. The molecule has 0 aliphatic carbocycles. The summed E-state index contributed by atoms with van der Waals surface area (Å²) in [5.74, 6) is 5.73. The second-order valence-electron chi connectivity index (χ2n) is 2.08. The molecule has 1 aromatic rings. The number of anilines is 1. The van der Waals surface area contributed by atoms with Gasteiger partial charge < -0.3 is 0 Å². The van der Waals surface area contributed by atoms with Gasteiger partial charge in [0.1, 0.15) is 5.82 Å². The van der Waals surface area contributed by atoms with Crippen LogP contribution < -0.4 is 17.0 Å². The third-order valence-corrected chi connectivity index (χ3v) is 1.37. The predicted octanol–water partition coefficient (Wildman–Crippen LogP) is -1.23. The molecule has 0 bridgehead atoms. The molecule has 0 saturated carbocycles. The predicted molar refractivity (Wildman–Crippen MR) is 39.8 cm³/mol. The van der Waals surface area contributed by atoms with Crippen LogP contribution in [0, 0.1) is 6.92 Å². The van der Waals surface area contributed by atoms with Crippen LogP contribution in [-0.4, -0.2) is 14.5 Å². The molecule has 6 heteroatoms. The quantitative estimate of drug-likeness (QED) is 0.391. The molecule has 0 aliphatic rings. The minimum atomic E-state index is -0.370. The SMILES string of the molecule is Cc1nc(NN)nc(=O)n1C. The Labute approximate surface area is 63.1 Å². The first-order valence-corrected chi connectivity index (χ1v) is 3.03. The fourth-order valence-electron chi connectivity index (χ4n) is 0.622. The van der Waals surface area contributed by atoms with Crippen LogP contribution in [0.15, 0.2) is 4.79 Å². The molecule has 0 amide bonds. The van der Waals surface area contributed by atoms with Crippen LogP contribution in [0.3, 0.4) is 0 Å². The van der Waals surface area contributed by atoms with Crippen molar-refractivity contribution in [2.75, 3.05) is 5.43 Å². The highest BCUT2D eigenvalue weighted by atomic mass is 16.1. The zero-order chi connectivity index (χ0) is 8.43. The molecule has 0 radical (unpaired) electrons. The van der Waals surface area contributed by atoms with Gasteiger partial charge in [-0.1, -0.05) is 0 Å². The summed E-state index contributed by atoms with van der Waals surface area (Å²) in [6.45, 7) is 1.70. The van der Waals surface area contributed by atoms with E-state index in [1.807, 2.05) is 0 Å². The highest BCUT2D eigenvalue weighted by Gasteiger charge is 1.99. The number of nitrogens with two attached hydrogens (primary N) is 1. The lowest BCUT2D eigenvalue weighted by atomic mass is 10.6. The minimum absolute atomic E-state index is 0.144. The fourth-order valence-corrected chi connectivity index (χ4v) is 0.622. The Bertz CT molecular complexity index is 317. The molecule has 11 heavy (non-hydrogen) atoms. The topological polar surface area (TPSA) is 85.8 Å². The van der Waals surface area contributed by atoms with Crippen molar-refractivity contribution < 1.29 is 0 Å². The van der Waals surface area contributed by atoms with E-state index in [1.54, 1.807) is 14.0 Å². The van der Waals surface area contributed by atoms with E-state index in [2.05, 4.69) is 15.4 Å². The molecule has 0 spiro atoms. The number of rotatable bonds is 1. The molecule has 60 valence electrons. The van der Waals surface area contributed by atoms with Gasteiger partial charge in [0.15, 0.2) is 0 Å². The Kier molecular flexibility index (Phi) is 1.86. The van der Waals surface area contributed by atoms with Crippen molar-refractivity contribution in [1.29, 1.82) is 0 Å². The monoisotopic (exact) mass is 155 g/mol. The van der Waals surface area contributed by atoms with Crippen LogP contribution in [0.2, 0.25) is 0 Å². The van der Waals surface area contributed by atoms with E-state index < -0.39 is 0 Å². The Morgan fingerprint density at radius 3 is 2.64 bits per heavy atom. The third kappa shape index (κ3) is 1.35. The largest absolute Gasteiger partial charge is 0.352 e. The van der Waals surface area contributed by atoms with E-state index in [1.165, 1.54) is 4.57 Å². The van der Waals surface area contributed by atoms with E-state index in [0.29, 0.717) is 5.82 Å². The van der Waals surface area contributed by atoms with Crippen molar-refractivity contribution in [2.45, 2.75) is 6.92 Å². The second kappa shape index (κ2) is 2.67. The second-order valence-corrected chi connectivity index (χ2v) is 2.08. The lowest BCUT2D eigenvalue weighted by molar-refractivity contribution is 0.731. The zero-order valence-electron chi connectivity index (χ0n) is 6.33. The number of nitrogens with zero attached hydrogens (tertiary/aromatic N) is 3. The van der Waals surface area contributed by atoms with Gasteiger partial charge in [0.2, 0.25) is 5.95 Å². The van der Waals surface area contributed by atoms with E-state index in [-0.39, 0.29) is 11.6 Å². The molecule has 0 aliphatic heterocycles. The molecule has 1 heterocycles. The van der Waals surface area contributed by atoms with Crippen molar-refractivity contribution in [1.82, 2.24) is 14.5 Å². The van der Waals surface area contributed by atoms with E-state index in [4.69, 9.17) is 5.84 Å². The van der Waals surface area contributed by atoms with E-state index in [0.717, 1.165) is 0 Å². The summed E-state index contributed by atoms with van der Waals surface area (Å²) in [6.07, 6.45) is 0. The van der Waals surface area contributed by atoms with E-state index in [9.17, 15) is 4.79 Å². The normalized spacial score (nSPS) is 9.73. The number of nitrogen functional groups attached to an aromatic ring is 1. The average Bonchev–Trinajstić information content (AvgIpc) is 1.99. The summed E-state index contributed by atoms with van der Waals surface area (Å²) in [6, 6.07) is 0. The first kappa shape index (κ1) is 7.67. The van der Waals surface area contributed by atoms with Crippen molar-refractivity contribution in [3.63, 3.8) is 0 Å². The van der Waals surface area contributed by atoms with Gasteiger partial charge in [0.05, 0.1) is 0 Å². The highest BCUT2D eigenvalue weighted by molar-refractivity contribution is 5.19. The van der Waals surface area contributed by atoms with Gasteiger partial charge in [-0.15, -0.1) is 0 Å². The standard InChI is InChI=1S/C5H9N5O/c1-3-7-4(9-6)8-5(11)10(3)2/h6H2,1-2H3,(H,8,9,11). The summed E-state index contributed by atoms with van der Waals surface area (Å²) in [4.78, 5) is 18.3. The number of aryl methyl sites for hydroxylation is 1. The molecule has 0 saturated heterocycles. The average molecular weight is 155 g/mol. The number of aromatic nitrogens is 3.